The molecule has 0 bridgehead atoms. The lowest BCUT2D eigenvalue weighted by molar-refractivity contribution is 0.101. The Morgan fingerprint density at radius 1 is 1.24 bits per heavy atom. The average Bonchev–Trinajstić information content (AvgIpc) is 2.88. The minimum absolute atomic E-state index is 0.206. The highest BCUT2D eigenvalue weighted by Gasteiger charge is 2.20. The van der Waals surface area contributed by atoms with Crippen LogP contribution in [0.1, 0.15) is 35.8 Å². The first kappa shape index (κ1) is 17.9. The van der Waals surface area contributed by atoms with Gasteiger partial charge in [-0.15, -0.1) is 0 Å². The third-order valence-corrected chi connectivity index (χ3v) is 5.02. The summed E-state index contributed by atoms with van der Waals surface area (Å²) in [5.74, 6) is -0.695. The van der Waals surface area contributed by atoms with Crippen LogP contribution in [0.2, 0.25) is 0 Å². The molecule has 0 aliphatic carbocycles. The second-order valence-electron chi connectivity index (χ2n) is 6.07. The van der Waals surface area contributed by atoms with Gasteiger partial charge < -0.3 is 9.88 Å². The topological polar surface area (TPSA) is 34.0 Å². The Labute approximate surface area is 160 Å². The Bertz CT molecular complexity index is 933. The van der Waals surface area contributed by atoms with E-state index in [0.29, 0.717) is 5.69 Å². The van der Waals surface area contributed by atoms with Crippen molar-refractivity contribution in [2.75, 3.05) is 5.32 Å². The SMILES string of the molecule is CCCCn1c(C(=O)Nc2ccc(I)cc2F)c(C)c2ccccc21. The van der Waals surface area contributed by atoms with Crippen molar-refractivity contribution in [1.29, 1.82) is 0 Å². The molecular formula is C20H20FIN2O. The molecule has 0 aliphatic heterocycles. The first-order chi connectivity index (χ1) is 12.0. The van der Waals surface area contributed by atoms with Crippen LogP contribution in [0.25, 0.3) is 10.9 Å². The molecule has 1 amide bonds. The summed E-state index contributed by atoms with van der Waals surface area (Å²) in [7, 11) is 0. The molecule has 0 spiro atoms. The Morgan fingerprint density at radius 2 is 2.00 bits per heavy atom. The second kappa shape index (κ2) is 7.56. The molecule has 1 heterocycles. The lowest BCUT2D eigenvalue weighted by atomic mass is 10.1. The monoisotopic (exact) mass is 450 g/mol. The standard InChI is InChI=1S/C20H20FIN2O/c1-3-4-11-24-18-8-6-5-7-15(18)13(2)19(24)20(25)23-17-10-9-14(22)12-16(17)21/h5-10,12H,3-4,11H2,1-2H3,(H,23,25). The van der Waals surface area contributed by atoms with E-state index >= 15 is 0 Å². The van der Waals surface area contributed by atoms with Crippen molar-refractivity contribution < 1.29 is 9.18 Å². The van der Waals surface area contributed by atoms with Crippen LogP contribution in [-0.2, 0) is 6.54 Å². The number of para-hydroxylation sites is 1. The molecule has 0 radical (unpaired) electrons. The number of aromatic nitrogens is 1. The van der Waals surface area contributed by atoms with E-state index in [2.05, 4.69) is 12.2 Å². The number of carbonyl (C=O) groups is 1. The molecule has 3 aromatic rings. The first-order valence-electron chi connectivity index (χ1n) is 8.37. The fraction of sp³-hybridized carbons (Fsp3) is 0.250. The molecular weight excluding hydrogens is 430 g/mol. The highest BCUT2D eigenvalue weighted by atomic mass is 127. The number of unbranched alkanes of at least 4 members (excludes halogenated alkanes) is 1. The van der Waals surface area contributed by atoms with Crippen LogP contribution >= 0.6 is 22.6 Å². The number of nitrogens with zero attached hydrogens (tertiary/aromatic N) is 1. The average molecular weight is 450 g/mol. The lowest BCUT2D eigenvalue weighted by Crippen LogP contribution is -2.19. The Kier molecular flexibility index (Phi) is 5.42. The number of carbonyl (C=O) groups excluding carboxylic acids is 1. The molecule has 0 saturated carbocycles. The number of benzene rings is 2. The summed E-state index contributed by atoms with van der Waals surface area (Å²) in [5, 5.41) is 3.80. The van der Waals surface area contributed by atoms with E-state index in [9.17, 15) is 9.18 Å². The Hall–Kier alpha value is -1.89. The molecule has 0 unspecified atom stereocenters. The summed E-state index contributed by atoms with van der Waals surface area (Å²) in [4.78, 5) is 12.9. The van der Waals surface area contributed by atoms with Gasteiger partial charge in [-0.05, 0) is 65.8 Å². The van der Waals surface area contributed by atoms with Gasteiger partial charge in [0.1, 0.15) is 11.5 Å². The van der Waals surface area contributed by atoms with Crippen molar-refractivity contribution in [2.24, 2.45) is 0 Å². The zero-order chi connectivity index (χ0) is 18.0. The van der Waals surface area contributed by atoms with Gasteiger partial charge in [0.05, 0.1) is 5.69 Å². The minimum Gasteiger partial charge on any atom is -0.336 e. The van der Waals surface area contributed by atoms with Gasteiger partial charge in [0, 0.05) is 21.0 Å². The maximum Gasteiger partial charge on any atom is 0.272 e. The van der Waals surface area contributed by atoms with Crippen molar-refractivity contribution in [3.05, 3.63) is 63.1 Å². The van der Waals surface area contributed by atoms with Crippen LogP contribution < -0.4 is 5.32 Å². The molecule has 1 aromatic heterocycles. The number of halogens is 2. The molecule has 130 valence electrons. The first-order valence-corrected chi connectivity index (χ1v) is 9.45. The molecule has 3 rings (SSSR count). The van der Waals surface area contributed by atoms with Gasteiger partial charge in [-0.25, -0.2) is 4.39 Å². The summed E-state index contributed by atoms with van der Waals surface area (Å²) in [6.45, 7) is 4.84. The summed E-state index contributed by atoms with van der Waals surface area (Å²) in [6.07, 6.45) is 2.02. The van der Waals surface area contributed by atoms with Crippen molar-refractivity contribution in [2.45, 2.75) is 33.2 Å². The molecule has 3 nitrogen and oxygen atoms in total. The van der Waals surface area contributed by atoms with Crippen LogP contribution in [0.15, 0.2) is 42.5 Å². The van der Waals surface area contributed by atoms with Gasteiger partial charge in [-0.1, -0.05) is 31.5 Å². The number of aryl methyl sites for hydroxylation is 2. The van der Waals surface area contributed by atoms with Gasteiger partial charge in [-0.2, -0.15) is 0 Å². The highest BCUT2D eigenvalue weighted by molar-refractivity contribution is 14.1. The highest BCUT2D eigenvalue weighted by Crippen LogP contribution is 2.27. The number of fused-ring (bicyclic) bond motifs is 1. The molecule has 25 heavy (non-hydrogen) atoms. The quantitative estimate of drug-likeness (QED) is 0.494. The summed E-state index contributed by atoms with van der Waals surface area (Å²) in [6, 6.07) is 12.8. The normalized spacial score (nSPS) is 11.0. The number of anilines is 1. The van der Waals surface area contributed by atoms with Crippen LogP contribution in [0.5, 0.6) is 0 Å². The van der Waals surface area contributed by atoms with E-state index in [4.69, 9.17) is 0 Å². The predicted molar refractivity (Wildman–Crippen MR) is 109 cm³/mol. The third kappa shape index (κ3) is 3.56. The third-order valence-electron chi connectivity index (χ3n) is 4.35. The molecule has 0 saturated heterocycles. The number of hydrogen-bond donors (Lipinski definition) is 1. The zero-order valence-electron chi connectivity index (χ0n) is 14.3. The van der Waals surface area contributed by atoms with E-state index in [1.807, 2.05) is 58.3 Å². The van der Waals surface area contributed by atoms with Crippen molar-refractivity contribution >= 4 is 45.1 Å². The Morgan fingerprint density at radius 3 is 2.72 bits per heavy atom. The summed E-state index contributed by atoms with van der Waals surface area (Å²) in [5.41, 5.74) is 2.78. The van der Waals surface area contributed by atoms with Crippen LogP contribution in [0.4, 0.5) is 10.1 Å². The largest absolute Gasteiger partial charge is 0.336 e. The summed E-state index contributed by atoms with van der Waals surface area (Å²) >= 11 is 2.05. The van der Waals surface area contributed by atoms with Crippen LogP contribution in [0.3, 0.4) is 0 Å². The van der Waals surface area contributed by atoms with Crippen molar-refractivity contribution in [1.82, 2.24) is 4.57 Å². The minimum atomic E-state index is -0.422. The van der Waals surface area contributed by atoms with Crippen molar-refractivity contribution in [3.8, 4) is 0 Å². The van der Waals surface area contributed by atoms with Gasteiger partial charge >= 0.3 is 0 Å². The van der Waals surface area contributed by atoms with E-state index < -0.39 is 5.82 Å². The van der Waals surface area contributed by atoms with Gasteiger partial charge in [0.15, 0.2) is 0 Å². The molecule has 0 atom stereocenters. The molecule has 2 aromatic carbocycles. The fourth-order valence-corrected chi connectivity index (χ4v) is 3.54. The second-order valence-corrected chi connectivity index (χ2v) is 7.32. The maximum atomic E-state index is 14.1. The van der Waals surface area contributed by atoms with Gasteiger partial charge in [-0.3, -0.25) is 4.79 Å². The molecule has 5 heteroatoms. The number of rotatable bonds is 5. The smallest absolute Gasteiger partial charge is 0.272 e. The maximum absolute atomic E-state index is 14.1. The van der Waals surface area contributed by atoms with E-state index in [1.54, 1.807) is 12.1 Å². The molecule has 0 fully saturated rings. The number of nitrogens with one attached hydrogen (secondary N) is 1. The van der Waals surface area contributed by atoms with Crippen LogP contribution in [-0.4, -0.2) is 10.5 Å². The van der Waals surface area contributed by atoms with E-state index in [0.717, 1.165) is 39.4 Å². The fourth-order valence-electron chi connectivity index (χ4n) is 3.09. The molecule has 1 N–H and O–H groups in total. The summed E-state index contributed by atoms with van der Waals surface area (Å²) < 4.78 is 17.0. The van der Waals surface area contributed by atoms with E-state index in [1.165, 1.54) is 6.07 Å². The van der Waals surface area contributed by atoms with E-state index in [-0.39, 0.29) is 11.6 Å². The number of amides is 1. The van der Waals surface area contributed by atoms with Gasteiger partial charge in [0.25, 0.3) is 5.91 Å². The van der Waals surface area contributed by atoms with Crippen LogP contribution in [0, 0.1) is 16.3 Å². The van der Waals surface area contributed by atoms with Gasteiger partial charge in [0.2, 0.25) is 0 Å². The lowest BCUT2D eigenvalue weighted by Gasteiger charge is -2.12. The zero-order valence-corrected chi connectivity index (χ0v) is 16.4. The number of hydrogen-bond acceptors (Lipinski definition) is 1. The predicted octanol–water partition coefficient (Wildman–Crippen LogP) is 5.75. The Balaban J connectivity index is 2.04. The van der Waals surface area contributed by atoms with Crippen molar-refractivity contribution in [3.63, 3.8) is 0 Å². The molecule has 0 aliphatic rings.